The first kappa shape index (κ1) is 13.2. The number of allylic oxidation sites excluding steroid dienone is 1. The molecule has 0 aromatic rings. The Hall–Kier alpha value is -0.830. The average Bonchev–Trinajstić information content (AvgIpc) is 2.11. The van der Waals surface area contributed by atoms with Crippen LogP contribution in [0.2, 0.25) is 0 Å². The van der Waals surface area contributed by atoms with Crippen molar-refractivity contribution in [3.8, 4) is 0 Å². The van der Waals surface area contributed by atoms with E-state index in [1.165, 1.54) is 0 Å². The summed E-state index contributed by atoms with van der Waals surface area (Å²) in [5, 5.41) is 2.86. The highest BCUT2D eigenvalue weighted by molar-refractivity contribution is 5.78. The van der Waals surface area contributed by atoms with Crippen molar-refractivity contribution >= 4 is 5.91 Å². The minimum absolute atomic E-state index is 0.0232. The molecule has 0 aromatic heterocycles. The van der Waals surface area contributed by atoms with E-state index in [4.69, 9.17) is 4.74 Å². The molecular formula is C11H21NO2. The molecule has 3 heteroatoms. The Balaban J connectivity index is 3.57. The van der Waals surface area contributed by atoms with Crippen molar-refractivity contribution in [1.29, 1.82) is 0 Å². The van der Waals surface area contributed by atoms with Gasteiger partial charge in [-0.3, -0.25) is 4.79 Å². The van der Waals surface area contributed by atoms with Gasteiger partial charge in [-0.15, -0.1) is 6.58 Å². The number of ether oxygens (including phenoxy) is 1. The van der Waals surface area contributed by atoms with Gasteiger partial charge in [0.1, 0.15) is 0 Å². The number of carbonyl (C=O) groups excluding carboxylic acids is 1. The fourth-order valence-corrected chi connectivity index (χ4v) is 1.22. The number of nitrogens with one attached hydrogen (secondary N) is 1. The Kier molecular flexibility index (Phi) is 7.11. The van der Waals surface area contributed by atoms with Crippen LogP contribution in [0.5, 0.6) is 0 Å². The molecule has 0 aliphatic rings. The zero-order valence-electron chi connectivity index (χ0n) is 9.43. The molecule has 0 aliphatic carbocycles. The molecule has 0 bridgehead atoms. The summed E-state index contributed by atoms with van der Waals surface area (Å²) in [5.41, 5.74) is 1.05. The third-order valence-corrected chi connectivity index (χ3v) is 1.93. The van der Waals surface area contributed by atoms with Crippen molar-refractivity contribution in [3.63, 3.8) is 0 Å². The minimum Gasteiger partial charge on any atom is -0.385 e. The predicted octanol–water partition coefficient (Wildman–Crippen LogP) is 1.74. The monoisotopic (exact) mass is 199 g/mol. The Bertz CT molecular complexity index is 190. The van der Waals surface area contributed by atoms with Gasteiger partial charge in [0.05, 0.1) is 0 Å². The normalized spacial score (nSPS) is 12.2. The lowest BCUT2D eigenvalue weighted by Gasteiger charge is -2.11. The van der Waals surface area contributed by atoms with Crippen LogP contribution in [-0.2, 0) is 9.53 Å². The van der Waals surface area contributed by atoms with Gasteiger partial charge in [0.25, 0.3) is 0 Å². The van der Waals surface area contributed by atoms with Crippen molar-refractivity contribution in [2.75, 3.05) is 20.3 Å². The number of rotatable bonds is 7. The minimum atomic E-state index is 0.0232. The standard InChI is InChI=1S/C11H21NO2/c1-9(2)8-10(3)11(13)12-6-5-7-14-4/h10H,1,5-8H2,2-4H3,(H,12,13). The van der Waals surface area contributed by atoms with Crippen molar-refractivity contribution in [2.45, 2.75) is 26.7 Å². The van der Waals surface area contributed by atoms with E-state index in [2.05, 4.69) is 11.9 Å². The molecule has 0 fully saturated rings. The second kappa shape index (κ2) is 7.56. The maximum Gasteiger partial charge on any atom is 0.223 e. The largest absolute Gasteiger partial charge is 0.385 e. The summed E-state index contributed by atoms with van der Waals surface area (Å²) >= 11 is 0. The zero-order chi connectivity index (χ0) is 11.0. The highest BCUT2D eigenvalue weighted by Gasteiger charge is 2.11. The maximum absolute atomic E-state index is 11.4. The quantitative estimate of drug-likeness (QED) is 0.501. The molecule has 1 N–H and O–H groups in total. The summed E-state index contributed by atoms with van der Waals surface area (Å²) in [6, 6.07) is 0. The van der Waals surface area contributed by atoms with Gasteiger partial charge in [0.15, 0.2) is 0 Å². The molecule has 0 heterocycles. The molecule has 0 spiro atoms. The summed E-state index contributed by atoms with van der Waals surface area (Å²) in [4.78, 5) is 11.4. The van der Waals surface area contributed by atoms with Gasteiger partial charge in [-0.25, -0.2) is 0 Å². The molecular weight excluding hydrogens is 178 g/mol. The molecule has 0 aliphatic heterocycles. The molecule has 1 atom stereocenters. The van der Waals surface area contributed by atoms with Gasteiger partial charge in [-0.1, -0.05) is 12.5 Å². The SMILES string of the molecule is C=C(C)CC(C)C(=O)NCCCOC. The van der Waals surface area contributed by atoms with Gasteiger partial charge < -0.3 is 10.1 Å². The highest BCUT2D eigenvalue weighted by Crippen LogP contribution is 2.08. The zero-order valence-corrected chi connectivity index (χ0v) is 9.43. The van der Waals surface area contributed by atoms with Crippen LogP contribution >= 0.6 is 0 Å². The first-order chi connectivity index (χ1) is 6.57. The van der Waals surface area contributed by atoms with Crippen LogP contribution in [0.15, 0.2) is 12.2 Å². The third kappa shape index (κ3) is 6.66. The second-order valence-corrected chi connectivity index (χ2v) is 3.70. The van der Waals surface area contributed by atoms with Crippen molar-refractivity contribution < 1.29 is 9.53 Å². The molecule has 1 unspecified atom stereocenters. The molecule has 14 heavy (non-hydrogen) atoms. The number of methoxy groups -OCH3 is 1. The van der Waals surface area contributed by atoms with Crippen molar-refractivity contribution in [1.82, 2.24) is 5.32 Å². The van der Waals surface area contributed by atoms with E-state index in [0.717, 1.165) is 18.4 Å². The van der Waals surface area contributed by atoms with Gasteiger partial charge in [0, 0.05) is 26.2 Å². The topological polar surface area (TPSA) is 38.3 Å². The second-order valence-electron chi connectivity index (χ2n) is 3.70. The van der Waals surface area contributed by atoms with Crippen LogP contribution in [0, 0.1) is 5.92 Å². The Morgan fingerprint density at radius 1 is 1.57 bits per heavy atom. The van der Waals surface area contributed by atoms with E-state index in [0.29, 0.717) is 13.2 Å². The molecule has 0 saturated carbocycles. The van der Waals surface area contributed by atoms with E-state index in [1.54, 1.807) is 7.11 Å². The number of amides is 1. The highest BCUT2D eigenvalue weighted by atomic mass is 16.5. The summed E-state index contributed by atoms with van der Waals surface area (Å²) in [7, 11) is 1.66. The van der Waals surface area contributed by atoms with Crippen LogP contribution in [-0.4, -0.2) is 26.2 Å². The lowest BCUT2D eigenvalue weighted by Crippen LogP contribution is -2.30. The van der Waals surface area contributed by atoms with Gasteiger partial charge in [-0.05, 0) is 19.8 Å². The summed E-state index contributed by atoms with van der Waals surface area (Å²) in [6.07, 6.45) is 1.62. The molecule has 3 nitrogen and oxygen atoms in total. The summed E-state index contributed by atoms with van der Waals surface area (Å²) in [6.45, 7) is 9.02. The van der Waals surface area contributed by atoms with Crippen molar-refractivity contribution in [3.05, 3.63) is 12.2 Å². The number of hydrogen-bond donors (Lipinski definition) is 1. The van der Waals surface area contributed by atoms with Crippen LogP contribution in [0.25, 0.3) is 0 Å². The van der Waals surface area contributed by atoms with E-state index in [-0.39, 0.29) is 11.8 Å². The van der Waals surface area contributed by atoms with E-state index >= 15 is 0 Å². The van der Waals surface area contributed by atoms with E-state index in [1.807, 2.05) is 13.8 Å². The lowest BCUT2D eigenvalue weighted by molar-refractivity contribution is -0.124. The van der Waals surface area contributed by atoms with Crippen LogP contribution in [0.3, 0.4) is 0 Å². The van der Waals surface area contributed by atoms with Gasteiger partial charge in [0.2, 0.25) is 5.91 Å². The van der Waals surface area contributed by atoms with Gasteiger partial charge in [-0.2, -0.15) is 0 Å². The number of hydrogen-bond acceptors (Lipinski definition) is 2. The number of carbonyl (C=O) groups is 1. The Labute approximate surface area is 86.5 Å². The third-order valence-electron chi connectivity index (χ3n) is 1.93. The smallest absolute Gasteiger partial charge is 0.223 e. The van der Waals surface area contributed by atoms with Crippen molar-refractivity contribution in [2.24, 2.45) is 5.92 Å². The first-order valence-electron chi connectivity index (χ1n) is 4.99. The van der Waals surface area contributed by atoms with E-state index in [9.17, 15) is 4.79 Å². The molecule has 1 amide bonds. The van der Waals surface area contributed by atoms with Crippen LogP contribution in [0.1, 0.15) is 26.7 Å². The Morgan fingerprint density at radius 2 is 2.21 bits per heavy atom. The fourth-order valence-electron chi connectivity index (χ4n) is 1.22. The molecule has 0 rings (SSSR count). The maximum atomic E-state index is 11.4. The first-order valence-corrected chi connectivity index (χ1v) is 4.99. The molecule has 0 radical (unpaired) electrons. The van der Waals surface area contributed by atoms with Gasteiger partial charge >= 0.3 is 0 Å². The molecule has 82 valence electrons. The fraction of sp³-hybridized carbons (Fsp3) is 0.727. The molecule has 0 saturated heterocycles. The van der Waals surface area contributed by atoms with Crippen LogP contribution in [0.4, 0.5) is 0 Å². The summed E-state index contributed by atoms with van der Waals surface area (Å²) in [5.74, 6) is 0.124. The van der Waals surface area contributed by atoms with E-state index < -0.39 is 0 Å². The summed E-state index contributed by atoms with van der Waals surface area (Å²) < 4.78 is 4.88. The lowest BCUT2D eigenvalue weighted by atomic mass is 10.0. The molecule has 0 aromatic carbocycles. The van der Waals surface area contributed by atoms with Crippen LogP contribution < -0.4 is 5.32 Å². The average molecular weight is 199 g/mol. The Morgan fingerprint density at radius 3 is 2.71 bits per heavy atom. The predicted molar refractivity (Wildman–Crippen MR) is 58.1 cm³/mol.